The zero-order valence-electron chi connectivity index (χ0n) is 54.1. The van der Waals surface area contributed by atoms with E-state index in [1.54, 1.807) is 51.5 Å². The Morgan fingerprint density at radius 3 is 1.37 bits per heavy atom. The number of halogens is 10. The van der Waals surface area contributed by atoms with Gasteiger partial charge >= 0.3 is 30.6 Å². The normalized spacial score (nSPS) is 11.3. The smallest absolute Gasteiger partial charge is 0.437 e. The second-order valence-corrected chi connectivity index (χ2v) is 20.3. The lowest BCUT2D eigenvalue weighted by Crippen LogP contribution is -2.32. The zero-order chi connectivity index (χ0) is 70.5. The van der Waals surface area contributed by atoms with Crippen LogP contribution in [0.3, 0.4) is 0 Å². The van der Waals surface area contributed by atoms with E-state index in [9.17, 15) is 49.1 Å². The average molecular weight is 1450 g/mol. The van der Waals surface area contributed by atoms with Crippen molar-refractivity contribution in [3.63, 3.8) is 0 Å². The Hall–Kier alpha value is -8.81. The maximum Gasteiger partial charge on any atom is 0.437 e. The number of hydrogen-bond acceptors (Lipinski definition) is 19. The molecule has 4 N–H and O–H groups in total. The molecule has 0 spiro atoms. The highest BCUT2D eigenvalue weighted by Gasteiger charge is 2.40. The van der Waals surface area contributed by atoms with Crippen molar-refractivity contribution in [1.82, 2.24) is 50.5 Å². The molecule has 3 amide bonds. The molecule has 3 aromatic carbocycles. The Kier molecular flexibility index (Phi) is 30.5. The number of amides is 3. The summed E-state index contributed by atoms with van der Waals surface area (Å²) >= 11 is 1.96. The van der Waals surface area contributed by atoms with Gasteiger partial charge in [-0.15, -0.1) is 0 Å². The van der Waals surface area contributed by atoms with Gasteiger partial charge in [0, 0.05) is 76.7 Å². The first-order chi connectivity index (χ1) is 45.1. The molecule has 0 aliphatic heterocycles. The molecule has 0 saturated heterocycles. The van der Waals surface area contributed by atoms with E-state index < -0.39 is 35.6 Å². The fourth-order valence-corrected chi connectivity index (χ4v) is 8.77. The number of aryl methyl sites for hydroxylation is 5. The first-order valence-corrected chi connectivity index (χ1v) is 30.7. The second-order valence-electron chi connectivity index (χ2n) is 20.3. The standard InChI is InChI=1S/C20H23F3N4O4.C19H21F3N4O3.C15H19F3N2O2.C4H6N2O.C2H3N.CH3I/c1-4-6-13-15(8-7-14-17(13)31-26-18(14)20(21,22)23)29-10-5-9-27(3)19(28)24-16-11-12(2)25-30-16;1-3-5-13-15(7-6-14-16(13)29-24-17(14)19(20,21)22)28-11-4-9-25(2)18(27)26-10-8-23-12-26;1-3-5-10-12(21-9-4-8-19-2)7-6-11-13(10)22-20-14(11)15(16,17)18;1-3-2-4(5)7-6-3;1-2-3;1-2/h7-8,11H,4-6,9-10H2,1-3H3,(H,24,28);6-8,10,12H,3-5,9,11H2,1-2H3;6-7,19H,3-5,8-9H2,1-2H3;2H,5H2,1H3;1H3;1H3/i;;;;;1D. The SMILES string of the molecule is CC#N.CCCc1c(OCCCN(C)C(=O)Nc2cc(C)no2)ccc2c(C(F)(F)F)noc12.CCCc1c(OCCCN(C)C(=O)n2ccnc2)ccc2c(C(F)(F)F)noc12.CCCc1c(OCCCNC)ccc2c(C(F)(F)F)noc12.Cc1cc(N)on1.[2H]CI. The summed E-state index contributed by atoms with van der Waals surface area (Å²) in [5.41, 5.74) is 5.68. The molecular formula is C61H75F9IN13O10. The highest BCUT2D eigenvalue weighted by Crippen LogP contribution is 2.41. The number of rotatable bonds is 22. The van der Waals surface area contributed by atoms with Crippen molar-refractivity contribution in [2.75, 3.05) is 76.6 Å². The van der Waals surface area contributed by atoms with E-state index in [2.05, 4.69) is 45.9 Å². The number of carbonyl (C=O) groups is 2. The molecule has 6 aromatic heterocycles. The van der Waals surface area contributed by atoms with Crippen LogP contribution in [-0.2, 0) is 37.8 Å². The fraction of sp³-hybridized carbons (Fsp3) is 0.459. The predicted octanol–water partition coefficient (Wildman–Crippen LogP) is 15.3. The van der Waals surface area contributed by atoms with Gasteiger partial charge in [0.2, 0.25) is 11.8 Å². The Morgan fingerprint density at radius 1 is 0.660 bits per heavy atom. The number of aromatic nitrogens is 7. The van der Waals surface area contributed by atoms with E-state index in [-0.39, 0.29) is 57.5 Å². The lowest BCUT2D eigenvalue weighted by molar-refractivity contribution is -0.142. The lowest BCUT2D eigenvalue weighted by atomic mass is 10.0. The van der Waals surface area contributed by atoms with Crippen LogP contribution in [-0.4, -0.2) is 123 Å². The molecule has 33 heteroatoms. The van der Waals surface area contributed by atoms with E-state index in [4.69, 9.17) is 44.7 Å². The average Bonchev–Trinajstić information content (AvgIpc) is 1.67. The van der Waals surface area contributed by atoms with Gasteiger partial charge in [-0.2, -0.15) is 44.8 Å². The molecule has 0 fully saturated rings. The number of nitrogens with zero attached hydrogens (tertiary/aromatic N) is 10. The van der Waals surface area contributed by atoms with Crippen LogP contribution >= 0.6 is 22.6 Å². The Bertz CT molecular complexity index is 3790. The molecule has 0 bridgehead atoms. The van der Waals surface area contributed by atoms with E-state index in [1.807, 2.05) is 57.3 Å². The van der Waals surface area contributed by atoms with Gasteiger partial charge < -0.3 is 57.7 Å². The number of alkyl halides is 10. The van der Waals surface area contributed by atoms with Gasteiger partial charge in [-0.1, -0.05) is 88.4 Å². The molecule has 6 heterocycles. The molecule has 94 heavy (non-hydrogen) atoms. The summed E-state index contributed by atoms with van der Waals surface area (Å²) in [6.45, 7) is 13.5. The van der Waals surface area contributed by atoms with Gasteiger partial charge in [-0.25, -0.2) is 14.6 Å². The summed E-state index contributed by atoms with van der Waals surface area (Å²) in [5, 5.41) is 29.6. The van der Waals surface area contributed by atoms with E-state index >= 15 is 0 Å². The Balaban J connectivity index is 0.000000279. The third kappa shape index (κ3) is 22.7. The second kappa shape index (κ2) is 37.8. The van der Waals surface area contributed by atoms with Crippen molar-refractivity contribution in [1.29, 1.82) is 5.26 Å². The van der Waals surface area contributed by atoms with Crippen LogP contribution in [0.25, 0.3) is 32.9 Å². The quantitative estimate of drug-likeness (QED) is 0.0246. The van der Waals surface area contributed by atoms with Crippen LogP contribution in [0.4, 0.5) is 60.9 Å². The predicted molar refractivity (Wildman–Crippen MR) is 339 cm³/mol. The van der Waals surface area contributed by atoms with Gasteiger partial charge in [-0.05, 0) is 107 Å². The highest BCUT2D eigenvalue weighted by atomic mass is 127. The van der Waals surface area contributed by atoms with Crippen LogP contribution in [0.2, 0.25) is 0 Å². The van der Waals surface area contributed by atoms with Crippen molar-refractivity contribution in [3.05, 3.63) is 112 Å². The third-order valence-electron chi connectivity index (χ3n) is 12.9. The van der Waals surface area contributed by atoms with Crippen molar-refractivity contribution < 1.29 is 87.3 Å². The molecule has 23 nitrogen and oxygen atoms in total. The van der Waals surface area contributed by atoms with Crippen molar-refractivity contribution in [2.24, 2.45) is 0 Å². The molecule has 0 unspecified atom stereocenters. The third-order valence-corrected chi connectivity index (χ3v) is 12.9. The number of imidazole rings is 1. The number of benzene rings is 3. The number of fused-ring (bicyclic) bond motifs is 3. The number of nitriles is 1. The summed E-state index contributed by atoms with van der Waals surface area (Å²) in [5.74, 6) is 2.11. The minimum Gasteiger partial charge on any atom is -0.493 e. The van der Waals surface area contributed by atoms with Crippen molar-refractivity contribution >= 4 is 79.3 Å². The summed E-state index contributed by atoms with van der Waals surface area (Å²) in [6, 6.07) is 13.0. The molecule has 9 rings (SSSR count). The molecule has 0 radical (unpaired) electrons. The topological polar surface area (TPSA) is 290 Å². The number of nitrogens with two attached hydrogens (primary N) is 1. The van der Waals surface area contributed by atoms with Gasteiger partial charge in [0.15, 0.2) is 33.8 Å². The van der Waals surface area contributed by atoms with E-state index in [0.29, 0.717) is 122 Å². The van der Waals surface area contributed by atoms with Crippen LogP contribution < -0.4 is 30.6 Å². The van der Waals surface area contributed by atoms with Gasteiger partial charge in [0.1, 0.15) is 23.6 Å². The fourth-order valence-electron chi connectivity index (χ4n) is 8.77. The summed E-state index contributed by atoms with van der Waals surface area (Å²) in [6.07, 6.45) is -3.59. The summed E-state index contributed by atoms with van der Waals surface area (Å²) in [7, 11) is 5.14. The first-order valence-electron chi connectivity index (χ1n) is 29.9. The molecular weight excluding hydrogens is 1370 g/mol. The molecule has 0 aliphatic rings. The highest BCUT2D eigenvalue weighted by molar-refractivity contribution is 14.1. The largest absolute Gasteiger partial charge is 0.493 e. The number of carbonyl (C=O) groups excluding carboxylic acids is 2. The molecule has 9 aromatic rings. The zero-order valence-corrected chi connectivity index (χ0v) is 55.2. The van der Waals surface area contributed by atoms with Crippen LogP contribution in [0.5, 0.6) is 17.2 Å². The number of urea groups is 1. The maximum absolute atomic E-state index is 13.1. The number of anilines is 2. The number of hydrogen-bond donors (Lipinski definition) is 3. The van der Waals surface area contributed by atoms with E-state index in [1.165, 1.54) is 64.1 Å². The van der Waals surface area contributed by atoms with Gasteiger partial charge in [0.05, 0.1) is 53.4 Å². The minimum atomic E-state index is -4.59. The van der Waals surface area contributed by atoms with Crippen molar-refractivity contribution in [3.8, 4) is 23.3 Å². The molecule has 0 atom stereocenters. The monoisotopic (exact) mass is 1450 g/mol. The number of nitrogen functional groups attached to an aromatic ring is 1. The Labute approximate surface area is 550 Å². The molecule has 0 aliphatic carbocycles. The summed E-state index contributed by atoms with van der Waals surface area (Å²) < 4.78 is 166. The first kappa shape index (κ1) is 75.9. The van der Waals surface area contributed by atoms with Crippen LogP contribution in [0, 0.1) is 25.2 Å². The maximum atomic E-state index is 13.1. The van der Waals surface area contributed by atoms with Gasteiger partial charge in [-0.3, -0.25) is 9.88 Å². The van der Waals surface area contributed by atoms with Crippen LogP contribution in [0.1, 0.15) is 113 Å². The van der Waals surface area contributed by atoms with Crippen molar-refractivity contribution in [2.45, 2.75) is 118 Å². The number of ether oxygens (including phenoxy) is 3. The van der Waals surface area contributed by atoms with Crippen LogP contribution in [0.15, 0.2) is 89.9 Å². The van der Waals surface area contributed by atoms with E-state index in [0.717, 1.165) is 25.1 Å². The minimum absolute atomic E-state index is 0.0153. The molecule has 514 valence electrons. The summed E-state index contributed by atoms with van der Waals surface area (Å²) in [4.78, 5) is 31.6. The number of nitrogens with one attached hydrogen (secondary N) is 2. The lowest BCUT2D eigenvalue weighted by Gasteiger charge is -2.17. The van der Waals surface area contributed by atoms with Gasteiger partial charge in [0.25, 0.3) is 0 Å². The molecule has 0 saturated carbocycles. The Morgan fingerprint density at radius 2 is 1.05 bits per heavy atom.